The molecule has 1 aliphatic heterocycles. The quantitative estimate of drug-likeness (QED) is 0.672. The molecule has 1 fully saturated rings. The van der Waals surface area contributed by atoms with E-state index >= 15 is 0 Å². The minimum Gasteiger partial charge on any atom is -0.444 e. The number of alkyl carbamates (subject to hydrolysis) is 1. The Kier molecular flexibility index (Phi) is 7.57. The van der Waals surface area contributed by atoms with Gasteiger partial charge in [-0.15, -0.1) is 0 Å². The fourth-order valence-corrected chi connectivity index (χ4v) is 2.49. The van der Waals surface area contributed by atoms with Gasteiger partial charge in [0.2, 0.25) is 11.8 Å². The summed E-state index contributed by atoms with van der Waals surface area (Å²) in [6.07, 6.45) is 2.45. The summed E-state index contributed by atoms with van der Waals surface area (Å²) in [4.78, 5) is 35.7. The summed E-state index contributed by atoms with van der Waals surface area (Å²) in [5, 5.41) is 7.83. The monoisotopic (exact) mass is 389 g/mol. The van der Waals surface area contributed by atoms with Gasteiger partial charge in [0.1, 0.15) is 12.1 Å². The molecular weight excluding hydrogens is 362 g/mol. The third kappa shape index (κ3) is 8.22. The SMILES string of the molecule is CC(C)(C)OC(=O)NCC(=O)Nc1cccc(NC(=O)C=C2CCOCC2)c1. The number of rotatable bonds is 5. The molecular formula is C20H27N3O5. The van der Waals surface area contributed by atoms with E-state index in [9.17, 15) is 14.4 Å². The molecule has 2 rings (SSSR count). The van der Waals surface area contributed by atoms with E-state index in [1.54, 1.807) is 51.1 Å². The number of anilines is 2. The van der Waals surface area contributed by atoms with E-state index in [1.807, 2.05) is 0 Å². The maximum absolute atomic E-state index is 12.1. The highest BCUT2D eigenvalue weighted by Crippen LogP contribution is 2.17. The standard InChI is InChI=1S/C20H27N3O5/c1-20(2,3)28-19(26)21-13-18(25)23-16-6-4-5-15(12-16)22-17(24)11-14-7-9-27-10-8-14/h4-6,11-12H,7-10,13H2,1-3H3,(H,21,26)(H,22,24)(H,23,25). The van der Waals surface area contributed by atoms with Crippen LogP contribution in [0.3, 0.4) is 0 Å². The maximum atomic E-state index is 12.1. The van der Waals surface area contributed by atoms with Crippen molar-refractivity contribution in [1.82, 2.24) is 5.32 Å². The van der Waals surface area contributed by atoms with E-state index in [-0.39, 0.29) is 12.5 Å². The van der Waals surface area contributed by atoms with Gasteiger partial charge >= 0.3 is 6.09 Å². The Morgan fingerprint density at radius 3 is 2.39 bits per heavy atom. The van der Waals surface area contributed by atoms with E-state index in [4.69, 9.17) is 9.47 Å². The summed E-state index contributed by atoms with van der Waals surface area (Å²) >= 11 is 0. The van der Waals surface area contributed by atoms with Crippen LogP contribution < -0.4 is 16.0 Å². The highest BCUT2D eigenvalue weighted by Gasteiger charge is 2.16. The van der Waals surface area contributed by atoms with Crippen molar-refractivity contribution in [3.05, 3.63) is 35.9 Å². The van der Waals surface area contributed by atoms with Crippen LogP contribution in [0.2, 0.25) is 0 Å². The van der Waals surface area contributed by atoms with Crippen LogP contribution in [0.1, 0.15) is 33.6 Å². The van der Waals surface area contributed by atoms with E-state index < -0.39 is 17.6 Å². The number of hydrogen-bond acceptors (Lipinski definition) is 5. The first-order valence-electron chi connectivity index (χ1n) is 9.16. The molecule has 0 radical (unpaired) electrons. The van der Waals surface area contributed by atoms with Gasteiger partial charge in [-0.1, -0.05) is 11.6 Å². The molecule has 0 spiro atoms. The topological polar surface area (TPSA) is 106 Å². The lowest BCUT2D eigenvalue weighted by atomic mass is 10.1. The smallest absolute Gasteiger partial charge is 0.408 e. The number of carbonyl (C=O) groups excluding carboxylic acids is 3. The van der Waals surface area contributed by atoms with Gasteiger partial charge in [-0.2, -0.15) is 0 Å². The summed E-state index contributed by atoms with van der Waals surface area (Å²) in [6.45, 7) is 6.27. The zero-order valence-electron chi connectivity index (χ0n) is 16.5. The molecule has 152 valence electrons. The van der Waals surface area contributed by atoms with Crippen LogP contribution in [-0.2, 0) is 19.1 Å². The largest absolute Gasteiger partial charge is 0.444 e. The van der Waals surface area contributed by atoms with Gasteiger partial charge in [-0.25, -0.2) is 4.79 Å². The predicted octanol–water partition coefficient (Wildman–Crippen LogP) is 2.83. The minimum atomic E-state index is -0.662. The number of amides is 3. The highest BCUT2D eigenvalue weighted by molar-refractivity contribution is 6.00. The van der Waals surface area contributed by atoms with Crippen molar-refractivity contribution in [2.75, 3.05) is 30.4 Å². The van der Waals surface area contributed by atoms with Crippen molar-refractivity contribution in [3.63, 3.8) is 0 Å². The van der Waals surface area contributed by atoms with Gasteiger partial charge in [0.05, 0.1) is 13.2 Å². The van der Waals surface area contributed by atoms with Crippen molar-refractivity contribution in [2.24, 2.45) is 0 Å². The lowest BCUT2D eigenvalue weighted by Crippen LogP contribution is -2.37. The molecule has 1 saturated heterocycles. The summed E-state index contributed by atoms with van der Waals surface area (Å²) in [7, 11) is 0. The molecule has 0 unspecified atom stereocenters. The number of hydrogen-bond donors (Lipinski definition) is 3. The first-order valence-corrected chi connectivity index (χ1v) is 9.16. The van der Waals surface area contributed by atoms with Gasteiger partial charge in [0, 0.05) is 17.5 Å². The second-order valence-electron chi connectivity index (χ2n) is 7.39. The van der Waals surface area contributed by atoms with Gasteiger partial charge in [-0.3, -0.25) is 9.59 Å². The number of ether oxygens (including phenoxy) is 2. The third-order valence-electron chi connectivity index (χ3n) is 3.68. The van der Waals surface area contributed by atoms with Crippen LogP contribution in [-0.4, -0.2) is 43.3 Å². The number of carbonyl (C=O) groups is 3. The Morgan fingerprint density at radius 2 is 1.75 bits per heavy atom. The molecule has 8 heteroatoms. The minimum absolute atomic E-state index is 0.216. The Morgan fingerprint density at radius 1 is 1.11 bits per heavy atom. The molecule has 0 aromatic heterocycles. The summed E-state index contributed by atoms with van der Waals surface area (Å²) in [6, 6.07) is 6.78. The first kappa shape index (κ1) is 21.4. The Hall–Kier alpha value is -2.87. The Labute approximate surface area is 164 Å². The summed E-state index contributed by atoms with van der Waals surface area (Å²) < 4.78 is 10.3. The van der Waals surface area contributed by atoms with Crippen molar-refractivity contribution >= 4 is 29.3 Å². The van der Waals surface area contributed by atoms with Crippen LogP contribution >= 0.6 is 0 Å². The van der Waals surface area contributed by atoms with Crippen LogP contribution in [0, 0.1) is 0 Å². The van der Waals surface area contributed by atoms with Crippen LogP contribution in [0.25, 0.3) is 0 Å². The number of nitrogens with one attached hydrogen (secondary N) is 3. The van der Waals surface area contributed by atoms with Crippen LogP contribution in [0.4, 0.5) is 16.2 Å². The molecule has 1 heterocycles. The lowest BCUT2D eigenvalue weighted by Gasteiger charge is -2.19. The van der Waals surface area contributed by atoms with Gasteiger partial charge in [0.25, 0.3) is 0 Å². The fraction of sp³-hybridized carbons (Fsp3) is 0.450. The molecule has 1 aliphatic rings. The van der Waals surface area contributed by atoms with E-state index in [0.717, 1.165) is 18.4 Å². The predicted molar refractivity (Wildman–Crippen MR) is 106 cm³/mol. The van der Waals surface area contributed by atoms with Crippen molar-refractivity contribution in [2.45, 2.75) is 39.2 Å². The average Bonchev–Trinajstić information content (AvgIpc) is 2.59. The summed E-state index contributed by atoms with van der Waals surface area (Å²) in [5.41, 5.74) is 1.49. The van der Waals surface area contributed by atoms with Crippen LogP contribution in [0.5, 0.6) is 0 Å². The normalized spacial score (nSPS) is 14.0. The van der Waals surface area contributed by atoms with Crippen molar-refractivity contribution < 1.29 is 23.9 Å². The molecule has 0 saturated carbocycles. The Balaban J connectivity index is 1.84. The maximum Gasteiger partial charge on any atom is 0.408 e. The first-order chi connectivity index (χ1) is 13.2. The second-order valence-corrected chi connectivity index (χ2v) is 7.39. The van der Waals surface area contributed by atoms with Crippen molar-refractivity contribution in [3.8, 4) is 0 Å². The van der Waals surface area contributed by atoms with Gasteiger partial charge < -0.3 is 25.4 Å². The van der Waals surface area contributed by atoms with Gasteiger partial charge in [-0.05, 0) is 51.8 Å². The van der Waals surface area contributed by atoms with E-state index in [1.165, 1.54) is 0 Å². The molecule has 0 aliphatic carbocycles. The lowest BCUT2D eigenvalue weighted by molar-refractivity contribution is -0.115. The Bertz CT molecular complexity index is 744. The molecule has 1 aromatic carbocycles. The zero-order chi connectivity index (χ0) is 20.6. The molecule has 8 nitrogen and oxygen atoms in total. The molecule has 28 heavy (non-hydrogen) atoms. The van der Waals surface area contributed by atoms with Crippen LogP contribution in [0.15, 0.2) is 35.9 Å². The molecule has 1 aromatic rings. The molecule has 0 bridgehead atoms. The fourth-order valence-electron chi connectivity index (χ4n) is 2.49. The van der Waals surface area contributed by atoms with Crippen molar-refractivity contribution in [1.29, 1.82) is 0 Å². The molecule has 0 atom stereocenters. The van der Waals surface area contributed by atoms with Gasteiger partial charge in [0.15, 0.2) is 0 Å². The highest BCUT2D eigenvalue weighted by atomic mass is 16.6. The zero-order valence-corrected chi connectivity index (χ0v) is 16.5. The third-order valence-corrected chi connectivity index (χ3v) is 3.68. The van der Waals surface area contributed by atoms with E-state index in [2.05, 4.69) is 16.0 Å². The average molecular weight is 389 g/mol. The number of benzene rings is 1. The second kappa shape index (κ2) is 9.89. The molecule has 3 N–H and O–H groups in total. The van der Waals surface area contributed by atoms with E-state index in [0.29, 0.717) is 24.6 Å². The summed E-state index contributed by atoms with van der Waals surface area (Å²) in [5.74, 6) is -0.620. The molecule has 3 amide bonds.